The predicted octanol–water partition coefficient (Wildman–Crippen LogP) is 3.66. The monoisotopic (exact) mass is 342 g/mol. The molecule has 0 amide bonds. The zero-order valence-electron chi connectivity index (χ0n) is 13.3. The molecule has 2 heterocycles. The molecule has 0 saturated carbocycles. The Bertz CT molecular complexity index is 810. The highest BCUT2D eigenvalue weighted by Gasteiger charge is 2.13. The maximum Gasteiger partial charge on any atom is 0.269 e. The van der Waals surface area contributed by atoms with E-state index in [0.29, 0.717) is 0 Å². The summed E-state index contributed by atoms with van der Waals surface area (Å²) in [5.74, 6) is 0. The molecule has 0 spiro atoms. The van der Waals surface area contributed by atoms with Gasteiger partial charge >= 0.3 is 0 Å². The van der Waals surface area contributed by atoms with Gasteiger partial charge in [0.1, 0.15) is 5.69 Å². The highest BCUT2D eigenvalue weighted by Crippen LogP contribution is 2.26. The van der Waals surface area contributed by atoms with Gasteiger partial charge in [0.05, 0.1) is 15.5 Å². The minimum atomic E-state index is -0.391. The molecular formula is C17H18N4O2S. The Morgan fingerprint density at radius 2 is 2.08 bits per heavy atom. The van der Waals surface area contributed by atoms with E-state index < -0.39 is 4.92 Å². The number of hydrogen-bond donors (Lipinski definition) is 1. The molecule has 3 rings (SSSR count). The number of aromatic nitrogens is 2. The lowest BCUT2D eigenvalue weighted by atomic mass is 10.2. The minimum Gasteiger partial charge on any atom is -0.320 e. The molecule has 2 aromatic heterocycles. The number of aryl methyl sites for hydroxylation is 1. The fourth-order valence-electron chi connectivity index (χ4n) is 2.53. The zero-order valence-corrected chi connectivity index (χ0v) is 14.1. The first-order valence-corrected chi connectivity index (χ1v) is 8.59. The summed E-state index contributed by atoms with van der Waals surface area (Å²) in [7, 11) is 1.94. The van der Waals surface area contributed by atoms with E-state index in [4.69, 9.17) is 5.10 Å². The second-order valence-electron chi connectivity index (χ2n) is 5.39. The van der Waals surface area contributed by atoms with Gasteiger partial charge in [-0.25, -0.2) is 4.68 Å². The molecule has 0 unspecified atom stereocenters. The van der Waals surface area contributed by atoms with Gasteiger partial charge in [0.25, 0.3) is 5.69 Å². The van der Waals surface area contributed by atoms with E-state index in [2.05, 4.69) is 11.4 Å². The number of nitro benzene ring substituents is 1. The van der Waals surface area contributed by atoms with Crippen LogP contribution in [-0.4, -0.2) is 28.3 Å². The molecule has 3 aromatic rings. The van der Waals surface area contributed by atoms with E-state index in [9.17, 15) is 10.1 Å². The van der Waals surface area contributed by atoms with E-state index in [1.165, 1.54) is 12.1 Å². The molecule has 7 heteroatoms. The van der Waals surface area contributed by atoms with Gasteiger partial charge in [0.2, 0.25) is 0 Å². The minimum absolute atomic E-state index is 0.0844. The lowest BCUT2D eigenvalue weighted by Crippen LogP contribution is -2.10. The molecule has 0 fully saturated rings. The maximum atomic E-state index is 10.8. The molecule has 6 nitrogen and oxygen atoms in total. The second-order valence-corrected chi connectivity index (χ2v) is 6.34. The average Bonchev–Trinajstić information content (AvgIpc) is 3.25. The number of nitrogens with zero attached hydrogens (tertiary/aromatic N) is 3. The summed E-state index contributed by atoms with van der Waals surface area (Å²) in [5, 5.41) is 20.7. The molecule has 0 aliphatic rings. The molecule has 1 aromatic carbocycles. The van der Waals surface area contributed by atoms with Crippen molar-refractivity contribution < 1.29 is 4.92 Å². The molecular weight excluding hydrogens is 324 g/mol. The zero-order chi connectivity index (χ0) is 16.9. The Hall–Kier alpha value is -2.51. The normalized spacial score (nSPS) is 10.9. The van der Waals surface area contributed by atoms with E-state index in [1.54, 1.807) is 23.5 Å². The molecule has 1 N–H and O–H groups in total. The Labute approximate surface area is 143 Å². The van der Waals surface area contributed by atoms with E-state index in [-0.39, 0.29) is 5.69 Å². The van der Waals surface area contributed by atoms with Crippen LogP contribution in [0.15, 0.2) is 47.8 Å². The predicted molar refractivity (Wildman–Crippen MR) is 95.8 cm³/mol. The number of hydrogen-bond acceptors (Lipinski definition) is 5. The Kier molecular flexibility index (Phi) is 5.02. The summed E-state index contributed by atoms with van der Waals surface area (Å²) in [6, 6.07) is 12.7. The molecule has 0 atom stereocenters. The number of benzene rings is 1. The van der Waals surface area contributed by atoms with Gasteiger partial charge in [-0.15, -0.1) is 11.3 Å². The maximum absolute atomic E-state index is 10.8. The number of nitro groups is 1. The van der Waals surface area contributed by atoms with Gasteiger partial charge in [-0.3, -0.25) is 10.1 Å². The van der Waals surface area contributed by atoms with Crippen LogP contribution in [0.25, 0.3) is 16.3 Å². The van der Waals surface area contributed by atoms with Gasteiger partial charge in [-0.2, -0.15) is 5.10 Å². The molecule has 0 radical (unpaired) electrons. The summed E-state index contributed by atoms with van der Waals surface area (Å²) in [4.78, 5) is 11.6. The average molecular weight is 342 g/mol. The molecule has 0 saturated heterocycles. The summed E-state index contributed by atoms with van der Waals surface area (Å²) >= 11 is 1.65. The van der Waals surface area contributed by atoms with E-state index in [0.717, 1.165) is 41.3 Å². The quantitative estimate of drug-likeness (QED) is 0.404. The molecule has 124 valence electrons. The van der Waals surface area contributed by atoms with Gasteiger partial charge in [-0.1, -0.05) is 6.07 Å². The molecule has 0 aliphatic heterocycles. The van der Waals surface area contributed by atoms with Gasteiger partial charge in [0, 0.05) is 17.8 Å². The van der Waals surface area contributed by atoms with Gasteiger partial charge in [-0.05, 0) is 56.1 Å². The van der Waals surface area contributed by atoms with E-state index >= 15 is 0 Å². The fraction of sp³-hybridized carbons (Fsp3) is 0.235. The van der Waals surface area contributed by atoms with Crippen LogP contribution in [0.4, 0.5) is 5.69 Å². The third kappa shape index (κ3) is 3.52. The standard InChI is InChI=1S/C17H18N4O2S/c1-18-10-2-4-15-12-16(17-5-3-11-24-17)19-20(15)13-6-8-14(9-7-13)21(22)23/h3,5-9,11-12,18H,2,4,10H2,1H3. The number of thiophene rings is 1. The van der Waals surface area contributed by atoms with Crippen LogP contribution in [0, 0.1) is 10.1 Å². The summed E-state index contributed by atoms with van der Waals surface area (Å²) in [6.45, 7) is 0.930. The van der Waals surface area contributed by atoms with Crippen LogP contribution in [0.3, 0.4) is 0 Å². The lowest BCUT2D eigenvalue weighted by Gasteiger charge is -2.07. The number of non-ortho nitro benzene ring substituents is 1. The number of nitrogens with one attached hydrogen (secondary N) is 1. The van der Waals surface area contributed by atoms with Crippen LogP contribution in [0.5, 0.6) is 0 Å². The largest absolute Gasteiger partial charge is 0.320 e. The van der Waals surface area contributed by atoms with Crippen molar-refractivity contribution >= 4 is 17.0 Å². The Morgan fingerprint density at radius 3 is 2.71 bits per heavy atom. The van der Waals surface area contributed by atoms with Crippen molar-refractivity contribution in [1.29, 1.82) is 0 Å². The van der Waals surface area contributed by atoms with Crippen LogP contribution in [-0.2, 0) is 6.42 Å². The van der Waals surface area contributed by atoms with Crippen molar-refractivity contribution in [2.24, 2.45) is 0 Å². The second kappa shape index (κ2) is 7.37. The van der Waals surface area contributed by atoms with Crippen molar-refractivity contribution in [1.82, 2.24) is 15.1 Å². The van der Waals surface area contributed by atoms with Crippen molar-refractivity contribution in [2.45, 2.75) is 12.8 Å². The molecule has 0 aliphatic carbocycles. The third-order valence-corrected chi connectivity index (χ3v) is 4.61. The molecule has 0 bridgehead atoms. The first kappa shape index (κ1) is 16.4. The van der Waals surface area contributed by atoms with Gasteiger partial charge < -0.3 is 5.32 Å². The highest BCUT2D eigenvalue weighted by molar-refractivity contribution is 7.13. The van der Waals surface area contributed by atoms with Crippen molar-refractivity contribution in [2.75, 3.05) is 13.6 Å². The SMILES string of the molecule is CNCCCc1cc(-c2cccs2)nn1-c1ccc([N+](=O)[O-])cc1. The summed E-state index contributed by atoms with van der Waals surface area (Å²) in [5.41, 5.74) is 2.95. The topological polar surface area (TPSA) is 73.0 Å². The summed E-state index contributed by atoms with van der Waals surface area (Å²) < 4.78 is 1.88. The van der Waals surface area contributed by atoms with Crippen LogP contribution in [0.1, 0.15) is 12.1 Å². The van der Waals surface area contributed by atoms with Crippen LogP contribution < -0.4 is 5.32 Å². The Balaban J connectivity index is 1.95. The third-order valence-electron chi connectivity index (χ3n) is 3.72. The summed E-state index contributed by atoms with van der Waals surface area (Å²) in [6.07, 6.45) is 1.88. The van der Waals surface area contributed by atoms with Crippen molar-refractivity contribution in [3.05, 3.63) is 63.7 Å². The van der Waals surface area contributed by atoms with Crippen LogP contribution in [0.2, 0.25) is 0 Å². The first-order chi connectivity index (χ1) is 11.7. The van der Waals surface area contributed by atoms with E-state index in [1.807, 2.05) is 29.2 Å². The number of rotatable bonds is 7. The molecule has 24 heavy (non-hydrogen) atoms. The van der Waals surface area contributed by atoms with Gasteiger partial charge in [0.15, 0.2) is 0 Å². The highest BCUT2D eigenvalue weighted by atomic mass is 32.1. The first-order valence-electron chi connectivity index (χ1n) is 7.71. The fourth-order valence-corrected chi connectivity index (χ4v) is 3.21. The van der Waals surface area contributed by atoms with Crippen molar-refractivity contribution in [3.8, 4) is 16.3 Å². The van der Waals surface area contributed by atoms with Crippen LogP contribution >= 0.6 is 11.3 Å². The lowest BCUT2D eigenvalue weighted by molar-refractivity contribution is -0.384. The van der Waals surface area contributed by atoms with Crippen molar-refractivity contribution in [3.63, 3.8) is 0 Å². The smallest absolute Gasteiger partial charge is 0.269 e. The Morgan fingerprint density at radius 1 is 1.29 bits per heavy atom.